The second kappa shape index (κ2) is 16.5. The van der Waals surface area contributed by atoms with Crippen LogP contribution in [0.3, 0.4) is 0 Å². The molecule has 1 aliphatic rings. The Balaban J connectivity index is 1.53. The van der Waals surface area contributed by atoms with E-state index < -0.39 is 5.97 Å². The molecule has 0 spiro atoms. The van der Waals surface area contributed by atoms with Crippen molar-refractivity contribution in [3.63, 3.8) is 0 Å². The maximum Gasteiger partial charge on any atom is 0.365 e. The van der Waals surface area contributed by atoms with Crippen molar-refractivity contribution in [2.75, 3.05) is 14.1 Å². The SMILES string of the molecule is CCCCCCC(=NOC(=O)c1ccccc1)C(=O)c1ccc(Sc2ccccc2C2(N(C)C)C=CC(C=CC#N)=CC2)cc1. The number of unbranched alkanes of at least 4 members (excludes halogenated alkanes) is 3. The number of oxime groups is 1. The first-order valence-corrected chi connectivity index (χ1v) is 16.1. The average Bonchev–Trinajstić information content (AvgIpc) is 3.07. The van der Waals surface area contributed by atoms with Gasteiger partial charge in [-0.25, -0.2) is 4.79 Å². The second-order valence-corrected chi connectivity index (χ2v) is 12.2. The predicted octanol–water partition coefficient (Wildman–Crippen LogP) is 8.93. The van der Waals surface area contributed by atoms with Gasteiger partial charge in [0.25, 0.3) is 0 Å². The molecule has 0 aliphatic heterocycles. The molecule has 1 aliphatic carbocycles. The summed E-state index contributed by atoms with van der Waals surface area (Å²) in [5, 5.41) is 13.0. The highest BCUT2D eigenvalue weighted by Crippen LogP contribution is 2.42. The summed E-state index contributed by atoms with van der Waals surface area (Å²) < 4.78 is 0. The van der Waals surface area contributed by atoms with Crippen LogP contribution in [0.4, 0.5) is 0 Å². The number of hydrogen-bond acceptors (Lipinski definition) is 7. The zero-order valence-corrected chi connectivity index (χ0v) is 26.9. The summed E-state index contributed by atoms with van der Waals surface area (Å²) in [6.07, 6.45) is 14.9. The molecule has 0 radical (unpaired) electrons. The van der Waals surface area contributed by atoms with Crippen LogP contribution >= 0.6 is 11.8 Å². The fraction of sp³-hybridized carbons (Fsp3) is 0.263. The van der Waals surface area contributed by atoms with Crippen molar-refractivity contribution < 1.29 is 14.4 Å². The number of nitrogens with zero attached hydrogens (tertiary/aromatic N) is 3. The molecule has 0 saturated carbocycles. The molecule has 0 heterocycles. The molecule has 6 nitrogen and oxygen atoms in total. The van der Waals surface area contributed by atoms with Gasteiger partial charge in [0.15, 0.2) is 0 Å². The van der Waals surface area contributed by atoms with Crippen LogP contribution < -0.4 is 0 Å². The van der Waals surface area contributed by atoms with Crippen LogP contribution in [0.1, 0.15) is 71.7 Å². The Morgan fingerprint density at radius 1 is 0.978 bits per heavy atom. The number of benzene rings is 3. The highest BCUT2D eigenvalue weighted by molar-refractivity contribution is 7.99. The smallest absolute Gasteiger partial charge is 0.312 e. The molecule has 0 fully saturated rings. The molecule has 45 heavy (non-hydrogen) atoms. The van der Waals surface area contributed by atoms with Crippen LogP contribution in [0, 0.1) is 11.3 Å². The highest BCUT2D eigenvalue weighted by atomic mass is 32.2. The lowest BCUT2D eigenvalue weighted by molar-refractivity contribution is 0.0514. The number of ketones is 1. The Bertz CT molecular complexity index is 1630. The molecule has 4 rings (SSSR count). The van der Waals surface area contributed by atoms with Gasteiger partial charge in [0, 0.05) is 21.4 Å². The number of Topliss-reactive ketones (excluding diaryl/α,β-unsaturated/α-hetero) is 1. The van der Waals surface area contributed by atoms with E-state index in [9.17, 15) is 9.59 Å². The summed E-state index contributed by atoms with van der Waals surface area (Å²) in [6, 6.07) is 26.6. The molecule has 3 aromatic rings. The second-order valence-electron chi connectivity index (χ2n) is 11.1. The molecule has 0 saturated heterocycles. The van der Waals surface area contributed by atoms with Gasteiger partial charge in [-0.1, -0.05) is 97.7 Å². The Morgan fingerprint density at radius 2 is 1.71 bits per heavy atom. The molecule has 0 N–H and O–H groups in total. The zero-order valence-electron chi connectivity index (χ0n) is 26.1. The van der Waals surface area contributed by atoms with Crippen LogP contribution in [0.2, 0.25) is 0 Å². The topological polar surface area (TPSA) is 82.8 Å². The number of carbonyl (C=O) groups is 2. The summed E-state index contributed by atoms with van der Waals surface area (Å²) in [5.74, 6) is -0.829. The van der Waals surface area contributed by atoms with Gasteiger partial charge in [0.05, 0.1) is 17.2 Å². The largest absolute Gasteiger partial charge is 0.365 e. The van der Waals surface area contributed by atoms with E-state index in [4.69, 9.17) is 10.1 Å². The molecule has 0 amide bonds. The zero-order chi connectivity index (χ0) is 32.1. The molecule has 1 unspecified atom stereocenters. The Labute approximate surface area is 270 Å². The molecule has 1 atom stereocenters. The van der Waals surface area contributed by atoms with Gasteiger partial charge in [-0.2, -0.15) is 5.26 Å². The maximum atomic E-state index is 13.5. The van der Waals surface area contributed by atoms with Crippen LogP contribution in [0.25, 0.3) is 0 Å². The molecule has 7 heteroatoms. The van der Waals surface area contributed by atoms with Crippen LogP contribution in [0.5, 0.6) is 0 Å². The first-order valence-electron chi connectivity index (χ1n) is 15.3. The van der Waals surface area contributed by atoms with Crippen molar-refractivity contribution in [1.82, 2.24) is 4.90 Å². The summed E-state index contributed by atoms with van der Waals surface area (Å²) in [6.45, 7) is 2.13. The standard InChI is InChI=1S/C38H39N3O3S/c1-4-5-6-10-18-34(40-44-37(43)31-15-8-7-9-16-31)36(42)30-20-22-32(23-21-30)45-35-19-12-11-17-33(35)38(41(2)3)26-24-29(25-27-38)14-13-28-39/h7-9,11-17,19-26H,4-6,10,18,27H2,1-3H3. The summed E-state index contributed by atoms with van der Waals surface area (Å²) in [4.78, 5) is 35.6. The quantitative estimate of drug-likeness (QED) is 0.0449. The third-order valence-corrected chi connectivity index (χ3v) is 8.91. The van der Waals surface area contributed by atoms with Crippen molar-refractivity contribution in [1.29, 1.82) is 5.26 Å². The molecule has 0 aromatic heterocycles. The van der Waals surface area contributed by atoms with E-state index in [0.29, 0.717) is 17.5 Å². The van der Waals surface area contributed by atoms with Crippen LogP contribution in [-0.2, 0) is 10.4 Å². The number of rotatable bonds is 14. The summed E-state index contributed by atoms with van der Waals surface area (Å²) in [5.41, 5.74) is 2.98. The van der Waals surface area contributed by atoms with Gasteiger partial charge in [-0.15, -0.1) is 0 Å². The molecule has 0 bridgehead atoms. The predicted molar refractivity (Wildman–Crippen MR) is 181 cm³/mol. The minimum atomic E-state index is -0.589. The third kappa shape index (κ3) is 8.78. The van der Waals surface area contributed by atoms with E-state index in [1.54, 1.807) is 36.0 Å². The number of likely N-dealkylation sites (N-methyl/N-ethyl adjacent to an activating group) is 1. The normalized spacial score (nSPS) is 16.4. The fourth-order valence-corrected chi connectivity index (χ4v) is 6.23. The number of allylic oxidation sites excluding steroid dienone is 4. The molecular weight excluding hydrogens is 579 g/mol. The van der Waals surface area contributed by atoms with Crippen molar-refractivity contribution in [2.45, 2.75) is 60.8 Å². The number of nitriles is 1. The highest BCUT2D eigenvalue weighted by Gasteiger charge is 2.34. The Hall–Kier alpha value is -4.51. The van der Waals surface area contributed by atoms with Crippen LogP contribution in [0.15, 0.2) is 130 Å². The minimum Gasteiger partial charge on any atom is -0.312 e. The molecule has 3 aromatic carbocycles. The van der Waals surface area contributed by atoms with E-state index in [-0.39, 0.29) is 17.0 Å². The summed E-state index contributed by atoms with van der Waals surface area (Å²) >= 11 is 1.65. The lowest BCUT2D eigenvalue weighted by Crippen LogP contribution is -2.40. The van der Waals surface area contributed by atoms with Gasteiger partial charge in [-0.3, -0.25) is 9.69 Å². The van der Waals surface area contributed by atoms with E-state index in [1.807, 2.05) is 42.5 Å². The summed E-state index contributed by atoms with van der Waals surface area (Å²) in [7, 11) is 4.16. The van der Waals surface area contributed by atoms with Crippen molar-refractivity contribution in [3.05, 3.63) is 132 Å². The Kier molecular flexibility index (Phi) is 12.3. The lowest BCUT2D eigenvalue weighted by Gasteiger charge is -2.40. The first-order chi connectivity index (χ1) is 21.9. The van der Waals surface area contributed by atoms with Gasteiger partial charge in [-0.05, 0) is 93.0 Å². The average molecular weight is 618 g/mol. The van der Waals surface area contributed by atoms with Crippen molar-refractivity contribution in [3.8, 4) is 6.07 Å². The van der Waals surface area contributed by atoms with Crippen LogP contribution in [-0.4, -0.2) is 36.5 Å². The molecular formula is C38H39N3O3S. The maximum absolute atomic E-state index is 13.5. The van der Waals surface area contributed by atoms with Gasteiger partial charge >= 0.3 is 5.97 Å². The van der Waals surface area contributed by atoms with E-state index >= 15 is 0 Å². The fourth-order valence-electron chi connectivity index (χ4n) is 5.20. The van der Waals surface area contributed by atoms with E-state index in [1.165, 1.54) is 11.6 Å². The van der Waals surface area contributed by atoms with E-state index in [2.05, 4.69) is 73.6 Å². The van der Waals surface area contributed by atoms with Crippen molar-refractivity contribution >= 4 is 29.2 Å². The third-order valence-electron chi connectivity index (χ3n) is 7.82. The van der Waals surface area contributed by atoms with E-state index in [0.717, 1.165) is 47.5 Å². The van der Waals surface area contributed by atoms with Crippen molar-refractivity contribution in [2.24, 2.45) is 5.16 Å². The number of carbonyl (C=O) groups excluding carboxylic acids is 2. The van der Waals surface area contributed by atoms with Gasteiger partial charge in [0.2, 0.25) is 5.78 Å². The molecule has 230 valence electrons. The lowest BCUT2D eigenvalue weighted by atomic mass is 9.81. The van der Waals surface area contributed by atoms with Gasteiger partial charge in [0.1, 0.15) is 5.71 Å². The minimum absolute atomic E-state index is 0.240. The Morgan fingerprint density at radius 3 is 2.38 bits per heavy atom. The number of hydrogen-bond donors (Lipinski definition) is 0. The van der Waals surface area contributed by atoms with Gasteiger partial charge < -0.3 is 4.84 Å². The monoisotopic (exact) mass is 617 g/mol. The first kappa shape index (κ1) is 33.4.